The molecule has 0 fully saturated rings. The highest BCUT2D eigenvalue weighted by Crippen LogP contribution is 2.06. The van der Waals surface area contributed by atoms with Gasteiger partial charge < -0.3 is 15.2 Å². The van der Waals surface area contributed by atoms with E-state index in [0.29, 0.717) is 0 Å². The summed E-state index contributed by atoms with van der Waals surface area (Å²) < 4.78 is 4.91. The predicted molar refractivity (Wildman–Crippen MR) is 50.3 cm³/mol. The molecule has 0 aliphatic rings. The quantitative estimate of drug-likeness (QED) is 0.586. The van der Waals surface area contributed by atoms with Crippen LogP contribution >= 0.6 is 0 Å². The molecule has 3 heteroatoms. The molecule has 1 atom stereocenters. The molecule has 2 N–H and O–H groups in total. The molecule has 0 aromatic carbocycles. The topological polar surface area (TPSA) is 41.5 Å². The van der Waals surface area contributed by atoms with Gasteiger partial charge in [-0.15, -0.1) is 0 Å². The van der Waals surface area contributed by atoms with E-state index in [4.69, 9.17) is 4.74 Å². The van der Waals surface area contributed by atoms with Crippen molar-refractivity contribution in [2.75, 3.05) is 20.3 Å². The third-order valence-corrected chi connectivity index (χ3v) is 2.04. The highest BCUT2D eigenvalue weighted by atomic mass is 16.5. The number of ether oxygens (including phenoxy) is 1. The second kappa shape index (κ2) is 5.51. The molecule has 74 valence electrons. The first-order chi connectivity index (χ1) is 5.48. The van der Waals surface area contributed by atoms with Crippen molar-refractivity contribution in [2.45, 2.75) is 38.8 Å². The van der Waals surface area contributed by atoms with Gasteiger partial charge in [-0.05, 0) is 33.7 Å². The minimum Gasteiger partial charge on any atom is -0.389 e. The van der Waals surface area contributed by atoms with E-state index in [2.05, 4.69) is 5.32 Å². The Bertz CT molecular complexity index is 110. The van der Waals surface area contributed by atoms with Gasteiger partial charge in [0.15, 0.2) is 0 Å². The van der Waals surface area contributed by atoms with Gasteiger partial charge in [-0.2, -0.15) is 0 Å². The summed E-state index contributed by atoms with van der Waals surface area (Å²) in [6.45, 7) is 7.25. The fourth-order valence-electron chi connectivity index (χ4n) is 0.785. The lowest BCUT2D eigenvalue weighted by Gasteiger charge is -2.26. The van der Waals surface area contributed by atoms with Crippen molar-refractivity contribution in [3.8, 4) is 0 Å². The number of hydrogen-bond donors (Lipinski definition) is 2. The normalized spacial score (nSPS) is 14.8. The van der Waals surface area contributed by atoms with E-state index in [1.807, 2.05) is 6.92 Å². The zero-order valence-corrected chi connectivity index (χ0v) is 8.55. The molecular weight excluding hydrogens is 154 g/mol. The zero-order valence-electron chi connectivity index (χ0n) is 8.55. The molecule has 0 heterocycles. The summed E-state index contributed by atoms with van der Waals surface area (Å²) in [6.07, 6.45) is 0.983. The van der Waals surface area contributed by atoms with Crippen LogP contribution in [0.4, 0.5) is 0 Å². The van der Waals surface area contributed by atoms with Crippen molar-refractivity contribution in [3.63, 3.8) is 0 Å². The molecule has 0 rings (SSSR count). The van der Waals surface area contributed by atoms with E-state index in [1.165, 1.54) is 0 Å². The fraction of sp³-hybridized carbons (Fsp3) is 1.00. The molecule has 0 aromatic rings. The van der Waals surface area contributed by atoms with Crippen molar-refractivity contribution in [2.24, 2.45) is 0 Å². The molecule has 1 unspecified atom stereocenters. The summed E-state index contributed by atoms with van der Waals surface area (Å²) in [5.74, 6) is 0. The summed E-state index contributed by atoms with van der Waals surface area (Å²) in [4.78, 5) is 0. The molecule has 0 aliphatic heterocycles. The lowest BCUT2D eigenvalue weighted by atomic mass is 10.0. The van der Waals surface area contributed by atoms with E-state index in [9.17, 15) is 5.11 Å². The Balaban J connectivity index is 3.38. The summed E-state index contributed by atoms with van der Waals surface area (Å²) in [5.41, 5.74) is -0.646. The van der Waals surface area contributed by atoms with Crippen LogP contribution in [0.3, 0.4) is 0 Å². The number of rotatable bonds is 6. The monoisotopic (exact) mass is 175 g/mol. The van der Waals surface area contributed by atoms with Gasteiger partial charge in [-0.1, -0.05) is 0 Å². The zero-order chi connectivity index (χ0) is 9.61. The maximum atomic E-state index is 9.55. The first kappa shape index (κ1) is 11.9. The van der Waals surface area contributed by atoms with E-state index in [1.54, 1.807) is 21.0 Å². The lowest BCUT2D eigenvalue weighted by Crippen LogP contribution is -2.44. The van der Waals surface area contributed by atoms with Gasteiger partial charge in [0.25, 0.3) is 0 Å². The van der Waals surface area contributed by atoms with Gasteiger partial charge in [0, 0.05) is 19.8 Å². The van der Waals surface area contributed by atoms with Gasteiger partial charge in [-0.3, -0.25) is 0 Å². The van der Waals surface area contributed by atoms with Crippen LogP contribution in [0.1, 0.15) is 27.2 Å². The first-order valence-electron chi connectivity index (χ1n) is 4.43. The Morgan fingerprint density at radius 3 is 2.50 bits per heavy atom. The van der Waals surface area contributed by atoms with E-state index < -0.39 is 5.60 Å². The van der Waals surface area contributed by atoms with Crippen molar-refractivity contribution in [1.29, 1.82) is 0 Å². The average Bonchev–Trinajstić information content (AvgIpc) is 1.96. The van der Waals surface area contributed by atoms with Crippen LogP contribution in [-0.4, -0.2) is 37.0 Å². The smallest absolute Gasteiger partial charge is 0.0741 e. The molecule has 12 heavy (non-hydrogen) atoms. The van der Waals surface area contributed by atoms with Gasteiger partial charge in [-0.25, -0.2) is 0 Å². The Labute approximate surface area is 75.1 Å². The third kappa shape index (κ3) is 5.52. The Kier molecular flexibility index (Phi) is 5.46. The summed E-state index contributed by atoms with van der Waals surface area (Å²) in [6, 6.07) is 0.120. The minimum atomic E-state index is -0.646. The minimum absolute atomic E-state index is 0.120. The summed E-state index contributed by atoms with van der Waals surface area (Å²) >= 11 is 0. The second-order valence-corrected chi connectivity index (χ2v) is 3.68. The van der Waals surface area contributed by atoms with Crippen LogP contribution in [-0.2, 0) is 4.74 Å². The van der Waals surface area contributed by atoms with Crippen LogP contribution in [0.15, 0.2) is 0 Å². The Morgan fingerprint density at radius 1 is 1.50 bits per heavy atom. The van der Waals surface area contributed by atoms with Crippen molar-refractivity contribution < 1.29 is 9.84 Å². The number of methoxy groups -OCH3 is 1. The average molecular weight is 175 g/mol. The SMILES string of the molecule is COCCCNC(C)C(C)(C)O. The van der Waals surface area contributed by atoms with Crippen LogP contribution in [0.5, 0.6) is 0 Å². The van der Waals surface area contributed by atoms with Crippen LogP contribution in [0, 0.1) is 0 Å². The third-order valence-electron chi connectivity index (χ3n) is 2.04. The largest absolute Gasteiger partial charge is 0.389 e. The maximum Gasteiger partial charge on any atom is 0.0741 e. The summed E-state index contributed by atoms with van der Waals surface area (Å²) in [5, 5.41) is 12.8. The number of aliphatic hydroxyl groups is 1. The highest BCUT2D eigenvalue weighted by molar-refractivity contribution is 4.79. The molecule has 0 amide bonds. The molecule has 0 aliphatic carbocycles. The molecule has 0 bridgehead atoms. The van der Waals surface area contributed by atoms with Crippen molar-refractivity contribution in [1.82, 2.24) is 5.32 Å². The molecule has 3 nitrogen and oxygen atoms in total. The fourth-order valence-corrected chi connectivity index (χ4v) is 0.785. The molecule has 0 spiro atoms. The predicted octanol–water partition coefficient (Wildman–Crippen LogP) is 0.772. The van der Waals surface area contributed by atoms with Crippen LogP contribution in [0.25, 0.3) is 0 Å². The van der Waals surface area contributed by atoms with Crippen molar-refractivity contribution >= 4 is 0 Å². The first-order valence-corrected chi connectivity index (χ1v) is 4.43. The molecule has 0 saturated carbocycles. The molecule has 0 aromatic heterocycles. The van der Waals surface area contributed by atoms with Crippen molar-refractivity contribution in [3.05, 3.63) is 0 Å². The molecular formula is C9H21NO2. The number of hydrogen-bond acceptors (Lipinski definition) is 3. The van der Waals surface area contributed by atoms with E-state index >= 15 is 0 Å². The molecule has 0 saturated heterocycles. The maximum absolute atomic E-state index is 9.55. The highest BCUT2D eigenvalue weighted by Gasteiger charge is 2.20. The Morgan fingerprint density at radius 2 is 2.08 bits per heavy atom. The standard InChI is InChI=1S/C9H21NO2/c1-8(9(2,3)11)10-6-5-7-12-4/h8,10-11H,5-7H2,1-4H3. The van der Waals surface area contributed by atoms with Gasteiger partial charge in [0.1, 0.15) is 0 Å². The van der Waals surface area contributed by atoms with E-state index in [-0.39, 0.29) is 6.04 Å². The van der Waals surface area contributed by atoms with Gasteiger partial charge >= 0.3 is 0 Å². The van der Waals surface area contributed by atoms with Gasteiger partial charge in [0.2, 0.25) is 0 Å². The van der Waals surface area contributed by atoms with Gasteiger partial charge in [0.05, 0.1) is 5.60 Å². The second-order valence-electron chi connectivity index (χ2n) is 3.68. The number of nitrogens with one attached hydrogen (secondary N) is 1. The van der Waals surface area contributed by atoms with Crippen LogP contribution < -0.4 is 5.32 Å². The summed E-state index contributed by atoms with van der Waals surface area (Å²) in [7, 11) is 1.69. The van der Waals surface area contributed by atoms with Crippen LogP contribution in [0.2, 0.25) is 0 Å². The van der Waals surface area contributed by atoms with E-state index in [0.717, 1.165) is 19.6 Å². The lowest BCUT2D eigenvalue weighted by molar-refractivity contribution is 0.0436. The Hall–Kier alpha value is -0.120. The molecule has 0 radical (unpaired) electrons.